The van der Waals surface area contributed by atoms with Gasteiger partial charge in [0.1, 0.15) is 21.6 Å². The van der Waals surface area contributed by atoms with Gasteiger partial charge in [0.05, 0.1) is 9.13 Å². The second kappa shape index (κ2) is 4.92. The number of aryl methyl sites for hydroxylation is 1. The zero-order valence-electron chi connectivity index (χ0n) is 9.75. The third-order valence-corrected chi connectivity index (χ3v) is 4.97. The highest BCUT2D eigenvalue weighted by Crippen LogP contribution is 2.34. The normalized spacial score (nSPS) is 11.2. The molecule has 0 amide bonds. The minimum Gasteiger partial charge on any atom is -0.461 e. The van der Waals surface area contributed by atoms with Crippen LogP contribution in [0.15, 0.2) is 28.7 Å². The van der Waals surface area contributed by atoms with E-state index in [0.717, 1.165) is 22.3 Å². The molecule has 0 unspecified atom stereocenters. The van der Waals surface area contributed by atoms with E-state index in [2.05, 4.69) is 9.97 Å². The summed E-state index contributed by atoms with van der Waals surface area (Å²) in [5.74, 6) is 1.23. The van der Waals surface area contributed by atoms with Crippen molar-refractivity contribution in [2.24, 2.45) is 0 Å². The fourth-order valence-corrected chi connectivity index (χ4v) is 2.58. The van der Waals surface area contributed by atoms with Crippen molar-refractivity contribution in [1.29, 1.82) is 0 Å². The molecule has 0 aliphatic carbocycles. The van der Waals surface area contributed by atoms with Crippen molar-refractivity contribution in [2.45, 2.75) is 6.92 Å². The van der Waals surface area contributed by atoms with Crippen LogP contribution < -0.4 is 0 Å². The van der Waals surface area contributed by atoms with Crippen LogP contribution in [-0.4, -0.2) is 9.97 Å². The third-order valence-electron chi connectivity index (χ3n) is 2.77. The highest BCUT2D eigenvalue weighted by molar-refractivity contribution is 14.1. The SMILES string of the molecule is Cc1oc2ccccc2c1-c1nc(Cl)c(I)c(Cl)n1. The molecule has 0 atom stereocenters. The molecule has 0 spiro atoms. The average Bonchev–Trinajstić information content (AvgIpc) is 2.71. The van der Waals surface area contributed by atoms with Crippen molar-refractivity contribution in [1.82, 2.24) is 9.97 Å². The Labute approximate surface area is 133 Å². The number of benzene rings is 1. The summed E-state index contributed by atoms with van der Waals surface area (Å²) >= 11 is 14.1. The topological polar surface area (TPSA) is 38.9 Å². The average molecular weight is 405 g/mol. The smallest absolute Gasteiger partial charge is 0.166 e. The molecule has 0 fully saturated rings. The van der Waals surface area contributed by atoms with Gasteiger partial charge in [-0.1, -0.05) is 41.4 Å². The van der Waals surface area contributed by atoms with Crippen LogP contribution in [0.2, 0.25) is 10.3 Å². The maximum atomic E-state index is 6.07. The van der Waals surface area contributed by atoms with E-state index in [1.807, 2.05) is 53.8 Å². The Bertz CT molecular complexity index is 762. The lowest BCUT2D eigenvalue weighted by Gasteiger charge is -2.03. The maximum Gasteiger partial charge on any atom is 0.166 e. The number of nitrogens with zero attached hydrogens (tertiary/aromatic N) is 2. The molecule has 0 aliphatic heterocycles. The van der Waals surface area contributed by atoms with Gasteiger partial charge in [-0.2, -0.15) is 0 Å². The van der Waals surface area contributed by atoms with E-state index in [0.29, 0.717) is 19.7 Å². The lowest BCUT2D eigenvalue weighted by atomic mass is 10.1. The standard InChI is InChI=1S/C13H7Cl2IN2O/c1-6-9(7-4-2-3-5-8(7)19-6)13-17-11(14)10(16)12(15)18-13/h2-5H,1H3. The van der Waals surface area contributed by atoms with E-state index in [1.54, 1.807) is 0 Å². The first-order valence-corrected chi connectivity index (χ1v) is 7.28. The number of para-hydroxylation sites is 1. The second-order valence-electron chi connectivity index (χ2n) is 3.97. The molecule has 0 saturated heterocycles. The van der Waals surface area contributed by atoms with E-state index < -0.39 is 0 Å². The van der Waals surface area contributed by atoms with Crippen LogP contribution in [0.4, 0.5) is 0 Å². The lowest BCUT2D eigenvalue weighted by molar-refractivity contribution is 0.579. The fourth-order valence-electron chi connectivity index (χ4n) is 1.95. The van der Waals surface area contributed by atoms with Crippen LogP contribution >= 0.6 is 45.8 Å². The Morgan fingerprint density at radius 2 is 1.74 bits per heavy atom. The summed E-state index contributed by atoms with van der Waals surface area (Å²) in [4.78, 5) is 8.58. The summed E-state index contributed by atoms with van der Waals surface area (Å²) in [6, 6.07) is 7.73. The van der Waals surface area contributed by atoms with Gasteiger partial charge < -0.3 is 4.42 Å². The number of rotatable bonds is 1. The molecule has 3 aromatic rings. The van der Waals surface area contributed by atoms with Gasteiger partial charge in [-0.25, -0.2) is 9.97 Å². The summed E-state index contributed by atoms with van der Waals surface area (Å²) in [5, 5.41) is 1.65. The molecule has 96 valence electrons. The van der Waals surface area contributed by atoms with Crippen molar-refractivity contribution < 1.29 is 4.42 Å². The van der Waals surface area contributed by atoms with Crippen LogP contribution in [0, 0.1) is 10.5 Å². The van der Waals surface area contributed by atoms with E-state index in [4.69, 9.17) is 27.6 Å². The first kappa shape index (κ1) is 13.1. The number of fused-ring (bicyclic) bond motifs is 1. The van der Waals surface area contributed by atoms with Crippen molar-refractivity contribution in [3.8, 4) is 11.4 Å². The summed E-state index contributed by atoms with van der Waals surface area (Å²) in [5.41, 5.74) is 1.63. The summed E-state index contributed by atoms with van der Waals surface area (Å²) in [7, 11) is 0. The number of furan rings is 1. The lowest BCUT2D eigenvalue weighted by Crippen LogP contribution is -1.94. The van der Waals surface area contributed by atoms with Crippen LogP contribution in [0.1, 0.15) is 5.76 Å². The molecule has 3 nitrogen and oxygen atoms in total. The monoisotopic (exact) mass is 404 g/mol. The van der Waals surface area contributed by atoms with Gasteiger partial charge in [-0.05, 0) is 35.6 Å². The minimum absolute atomic E-state index is 0.347. The van der Waals surface area contributed by atoms with Gasteiger partial charge in [0.2, 0.25) is 0 Å². The zero-order valence-corrected chi connectivity index (χ0v) is 13.4. The number of halogens is 3. The van der Waals surface area contributed by atoms with Crippen LogP contribution in [0.25, 0.3) is 22.4 Å². The Balaban J connectivity index is 2.33. The predicted molar refractivity (Wildman–Crippen MR) is 84.7 cm³/mol. The predicted octanol–water partition coefficient (Wildman–Crippen LogP) is 5.11. The Hall–Kier alpha value is -0.850. The van der Waals surface area contributed by atoms with Crippen LogP contribution in [0.5, 0.6) is 0 Å². The van der Waals surface area contributed by atoms with Gasteiger partial charge in [-0.3, -0.25) is 0 Å². The molecule has 6 heteroatoms. The Kier molecular flexibility index (Phi) is 3.41. The largest absolute Gasteiger partial charge is 0.461 e. The maximum absolute atomic E-state index is 6.07. The van der Waals surface area contributed by atoms with Gasteiger partial charge in [0.25, 0.3) is 0 Å². The van der Waals surface area contributed by atoms with Gasteiger partial charge in [-0.15, -0.1) is 0 Å². The third kappa shape index (κ3) is 2.22. The van der Waals surface area contributed by atoms with Crippen molar-refractivity contribution in [3.63, 3.8) is 0 Å². The molecule has 19 heavy (non-hydrogen) atoms. The van der Waals surface area contributed by atoms with Crippen molar-refractivity contribution in [3.05, 3.63) is 43.9 Å². The summed E-state index contributed by atoms with van der Waals surface area (Å²) < 4.78 is 6.34. The number of hydrogen-bond donors (Lipinski definition) is 0. The van der Waals surface area contributed by atoms with Gasteiger partial charge in [0.15, 0.2) is 5.82 Å². The van der Waals surface area contributed by atoms with Gasteiger partial charge >= 0.3 is 0 Å². The minimum atomic E-state index is 0.347. The quantitative estimate of drug-likeness (QED) is 0.418. The molecule has 1 aromatic carbocycles. The highest BCUT2D eigenvalue weighted by Gasteiger charge is 2.17. The molecule has 0 aliphatic rings. The molecule has 0 N–H and O–H groups in total. The summed E-state index contributed by atoms with van der Waals surface area (Å²) in [6.45, 7) is 1.87. The van der Waals surface area contributed by atoms with E-state index >= 15 is 0 Å². The second-order valence-corrected chi connectivity index (χ2v) is 5.77. The Morgan fingerprint density at radius 3 is 2.42 bits per heavy atom. The molecular formula is C13H7Cl2IN2O. The van der Waals surface area contributed by atoms with E-state index in [1.165, 1.54) is 0 Å². The molecular weight excluding hydrogens is 398 g/mol. The number of hydrogen-bond acceptors (Lipinski definition) is 3. The molecule has 0 bridgehead atoms. The van der Waals surface area contributed by atoms with Crippen molar-refractivity contribution >= 4 is 56.8 Å². The molecule has 2 aromatic heterocycles. The number of aromatic nitrogens is 2. The first-order chi connectivity index (χ1) is 9.08. The van der Waals surface area contributed by atoms with Crippen molar-refractivity contribution in [2.75, 3.05) is 0 Å². The van der Waals surface area contributed by atoms with E-state index in [-0.39, 0.29) is 0 Å². The van der Waals surface area contributed by atoms with Gasteiger partial charge in [0, 0.05) is 5.39 Å². The highest BCUT2D eigenvalue weighted by atomic mass is 127. The van der Waals surface area contributed by atoms with E-state index in [9.17, 15) is 0 Å². The zero-order chi connectivity index (χ0) is 13.6. The Morgan fingerprint density at radius 1 is 1.11 bits per heavy atom. The molecule has 0 saturated carbocycles. The summed E-state index contributed by atoms with van der Waals surface area (Å²) in [6.07, 6.45) is 0. The molecule has 3 rings (SSSR count). The fraction of sp³-hybridized carbons (Fsp3) is 0.0769. The first-order valence-electron chi connectivity index (χ1n) is 5.45. The molecule has 0 radical (unpaired) electrons. The van der Waals surface area contributed by atoms with Crippen LogP contribution in [0.3, 0.4) is 0 Å². The molecule has 2 heterocycles. The van der Waals surface area contributed by atoms with Crippen LogP contribution in [-0.2, 0) is 0 Å².